The second kappa shape index (κ2) is 5.44. The van der Waals surface area contributed by atoms with Crippen molar-refractivity contribution in [3.05, 3.63) is 35.4 Å². The van der Waals surface area contributed by atoms with Crippen molar-refractivity contribution in [1.82, 2.24) is 4.90 Å². The van der Waals surface area contributed by atoms with Crippen molar-refractivity contribution in [2.45, 2.75) is 33.1 Å². The molecular formula is C16H20N2O. The third-order valence-corrected chi connectivity index (χ3v) is 3.87. The Morgan fingerprint density at radius 3 is 2.84 bits per heavy atom. The van der Waals surface area contributed by atoms with E-state index >= 15 is 0 Å². The molecule has 0 radical (unpaired) electrons. The van der Waals surface area contributed by atoms with Crippen LogP contribution in [0.5, 0.6) is 0 Å². The molecule has 1 aliphatic rings. The molecule has 0 atom stereocenters. The highest BCUT2D eigenvalue weighted by Crippen LogP contribution is 2.30. The van der Waals surface area contributed by atoms with Crippen LogP contribution in [-0.2, 0) is 0 Å². The van der Waals surface area contributed by atoms with E-state index in [1.807, 2.05) is 4.90 Å². The maximum Gasteiger partial charge on any atom is 0.253 e. The Bertz CT molecular complexity index is 514. The van der Waals surface area contributed by atoms with Crippen LogP contribution in [0.15, 0.2) is 24.3 Å². The molecule has 1 saturated heterocycles. The average Bonchev–Trinajstić information content (AvgIpc) is 2.59. The smallest absolute Gasteiger partial charge is 0.253 e. The minimum Gasteiger partial charge on any atom is -0.339 e. The van der Waals surface area contributed by atoms with Gasteiger partial charge in [0.1, 0.15) is 0 Å². The molecule has 0 aromatic heterocycles. The van der Waals surface area contributed by atoms with E-state index in [0.717, 1.165) is 32.4 Å². The van der Waals surface area contributed by atoms with Crippen molar-refractivity contribution in [2.24, 2.45) is 5.41 Å². The molecular weight excluding hydrogens is 236 g/mol. The predicted molar refractivity (Wildman–Crippen MR) is 74.7 cm³/mol. The van der Waals surface area contributed by atoms with Gasteiger partial charge in [0, 0.05) is 18.7 Å². The molecule has 2 rings (SSSR count). The molecule has 0 saturated carbocycles. The molecule has 3 nitrogen and oxygen atoms in total. The molecule has 1 aromatic carbocycles. The predicted octanol–water partition coefficient (Wildman–Crippen LogP) is 3.21. The number of benzene rings is 1. The number of amides is 1. The first kappa shape index (κ1) is 13.6. The van der Waals surface area contributed by atoms with E-state index in [1.54, 1.807) is 24.3 Å². The van der Waals surface area contributed by atoms with Crippen LogP contribution in [0.25, 0.3) is 0 Å². The van der Waals surface area contributed by atoms with Gasteiger partial charge in [-0.3, -0.25) is 4.79 Å². The van der Waals surface area contributed by atoms with Crippen molar-refractivity contribution in [3.63, 3.8) is 0 Å². The molecule has 1 aromatic rings. The summed E-state index contributed by atoms with van der Waals surface area (Å²) < 4.78 is 0. The minimum absolute atomic E-state index is 0.0507. The van der Waals surface area contributed by atoms with E-state index in [2.05, 4.69) is 19.9 Å². The molecule has 1 heterocycles. The van der Waals surface area contributed by atoms with Crippen molar-refractivity contribution in [2.75, 3.05) is 13.1 Å². The Kier molecular flexibility index (Phi) is 3.90. The van der Waals surface area contributed by atoms with Crippen LogP contribution in [0.2, 0.25) is 0 Å². The fraction of sp³-hybridized carbons (Fsp3) is 0.500. The molecule has 0 unspecified atom stereocenters. The highest BCUT2D eigenvalue weighted by Gasteiger charge is 2.25. The first-order valence-corrected chi connectivity index (χ1v) is 6.81. The highest BCUT2D eigenvalue weighted by atomic mass is 16.2. The molecule has 0 aliphatic carbocycles. The number of nitrogens with zero attached hydrogens (tertiary/aromatic N) is 2. The van der Waals surface area contributed by atoms with Gasteiger partial charge in [0.05, 0.1) is 11.6 Å². The fourth-order valence-electron chi connectivity index (χ4n) is 2.53. The lowest BCUT2D eigenvalue weighted by molar-refractivity contribution is 0.0757. The molecule has 0 spiro atoms. The second-order valence-corrected chi connectivity index (χ2v) is 6.00. The Hall–Kier alpha value is -1.82. The molecule has 100 valence electrons. The molecule has 1 fully saturated rings. The number of rotatable bonds is 1. The van der Waals surface area contributed by atoms with Crippen LogP contribution in [0.4, 0.5) is 0 Å². The standard InChI is InChI=1S/C16H20N2O/c1-16(2)7-4-9-18(10-8-16)15(19)14-6-3-5-13(11-14)12-17/h3,5-6,11H,4,7-10H2,1-2H3. The maximum atomic E-state index is 12.4. The van der Waals surface area contributed by atoms with E-state index in [1.165, 1.54) is 0 Å². The number of carbonyl (C=O) groups excluding carboxylic acids is 1. The molecule has 0 bridgehead atoms. The first-order valence-electron chi connectivity index (χ1n) is 6.81. The zero-order valence-corrected chi connectivity index (χ0v) is 11.6. The van der Waals surface area contributed by atoms with E-state index in [-0.39, 0.29) is 5.91 Å². The lowest BCUT2D eigenvalue weighted by Gasteiger charge is -2.23. The summed E-state index contributed by atoms with van der Waals surface area (Å²) in [6, 6.07) is 9.05. The molecule has 3 heteroatoms. The quantitative estimate of drug-likeness (QED) is 0.774. The van der Waals surface area contributed by atoms with E-state index in [9.17, 15) is 4.79 Å². The summed E-state index contributed by atoms with van der Waals surface area (Å²) >= 11 is 0. The molecule has 0 N–H and O–H groups in total. The summed E-state index contributed by atoms with van der Waals surface area (Å²) in [5.41, 5.74) is 1.49. The summed E-state index contributed by atoms with van der Waals surface area (Å²) in [6.07, 6.45) is 3.25. The fourth-order valence-corrected chi connectivity index (χ4v) is 2.53. The van der Waals surface area contributed by atoms with Crippen LogP contribution < -0.4 is 0 Å². The Labute approximate surface area is 114 Å². The van der Waals surface area contributed by atoms with Crippen LogP contribution in [-0.4, -0.2) is 23.9 Å². The highest BCUT2D eigenvalue weighted by molar-refractivity contribution is 5.94. The summed E-state index contributed by atoms with van der Waals surface area (Å²) in [7, 11) is 0. The summed E-state index contributed by atoms with van der Waals surface area (Å²) in [5, 5.41) is 8.89. The zero-order valence-electron chi connectivity index (χ0n) is 11.6. The maximum absolute atomic E-state index is 12.4. The minimum atomic E-state index is 0.0507. The van der Waals surface area contributed by atoms with Crippen LogP contribution in [0, 0.1) is 16.7 Å². The normalized spacial score (nSPS) is 18.5. The van der Waals surface area contributed by atoms with Gasteiger partial charge in [0.15, 0.2) is 0 Å². The first-order chi connectivity index (χ1) is 9.02. The topological polar surface area (TPSA) is 44.1 Å². The molecule has 19 heavy (non-hydrogen) atoms. The van der Waals surface area contributed by atoms with E-state index in [0.29, 0.717) is 16.5 Å². The number of likely N-dealkylation sites (tertiary alicyclic amines) is 1. The summed E-state index contributed by atoms with van der Waals surface area (Å²) in [5.74, 6) is 0.0507. The van der Waals surface area contributed by atoms with Crippen molar-refractivity contribution < 1.29 is 4.79 Å². The van der Waals surface area contributed by atoms with Gasteiger partial charge in [-0.25, -0.2) is 0 Å². The Morgan fingerprint density at radius 2 is 2.11 bits per heavy atom. The lowest BCUT2D eigenvalue weighted by atomic mass is 9.85. The number of hydrogen-bond acceptors (Lipinski definition) is 2. The van der Waals surface area contributed by atoms with Crippen molar-refractivity contribution in [3.8, 4) is 6.07 Å². The zero-order chi connectivity index (χ0) is 13.9. The number of nitriles is 1. The van der Waals surface area contributed by atoms with Gasteiger partial charge in [-0.1, -0.05) is 19.9 Å². The number of carbonyl (C=O) groups is 1. The van der Waals surface area contributed by atoms with Crippen molar-refractivity contribution in [1.29, 1.82) is 5.26 Å². The molecule has 1 amide bonds. The average molecular weight is 256 g/mol. The van der Waals surface area contributed by atoms with Gasteiger partial charge in [-0.05, 0) is 42.9 Å². The van der Waals surface area contributed by atoms with Gasteiger partial charge >= 0.3 is 0 Å². The lowest BCUT2D eigenvalue weighted by Crippen LogP contribution is -2.32. The third-order valence-electron chi connectivity index (χ3n) is 3.87. The Morgan fingerprint density at radius 1 is 1.32 bits per heavy atom. The number of hydrogen-bond donors (Lipinski definition) is 0. The van der Waals surface area contributed by atoms with Crippen LogP contribution >= 0.6 is 0 Å². The largest absolute Gasteiger partial charge is 0.339 e. The SMILES string of the molecule is CC1(C)CCCN(C(=O)c2cccc(C#N)c2)CC1. The summed E-state index contributed by atoms with van der Waals surface area (Å²) in [6.45, 7) is 6.15. The second-order valence-electron chi connectivity index (χ2n) is 6.00. The van der Waals surface area contributed by atoms with E-state index < -0.39 is 0 Å². The van der Waals surface area contributed by atoms with E-state index in [4.69, 9.17) is 5.26 Å². The van der Waals surface area contributed by atoms with Gasteiger partial charge in [0.2, 0.25) is 0 Å². The third kappa shape index (κ3) is 3.35. The monoisotopic (exact) mass is 256 g/mol. The van der Waals surface area contributed by atoms with Gasteiger partial charge < -0.3 is 4.90 Å². The van der Waals surface area contributed by atoms with Crippen molar-refractivity contribution >= 4 is 5.91 Å². The van der Waals surface area contributed by atoms with Crippen LogP contribution in [0.1, 0.15) is 49.0 Å². The van der Waals surface area contributed by atoms with Gasteiger partial charge in [-0.15, -0.1) is 0 Å². The summed E-state index contributed by atoms with van der Waals surface area (Å²) in [4.78, 5) is 14.4. The molecule has 1 aliphatic heterocycles. The Balaban J connectivity index is 2.13. The van der Waals surface area contributed by atoms with Crippen LogP contribution in [0.3, 0.4) is 0 Å². The van der Waals surface area contributed by atoms with Gasteiger partial charge in [-0.2, -0.15) is 5.26 Å². The van der Waals surface area contributed by atoms with Gasteiger partial charge in [0.25, 0.3) is 5.91 Å².